The summed E-state index contributed by atoms with van der Waals surface area (Å²) in [7, 11) is 0. The molecule has 0 bridgehead atoms. The predicted molar refractivity (Wildman–Crippen MR) is 97.1 cm³/mol. The molecule has 1 aliphatic rings. The fourth-order valence-corrected chi connectivity index (χ4v) is 3.32. The number of aromatic nitrogens is 1. The molecule has 2 heterocycles. The molecule has 0 atom stereocenters. The van der Waals surface area contributed by atoms with Crippen molar-refractivity contribution in [1.29, 1.82) is 0 Å². The molecule has 0 unspecified atom stereocenters. The summed E-state index contributed by atoms with van der Waals surface area (Å²) in [6.45, 7) is 4.08. The third kappa shape index (κ3) is 3.91. The van der Waals surface area contributed by atoms with Gasteiger partial charge in [0.15, 0.2) is 0 Å². The average molecular weight is 374 g/mol. The van der Waals surface area contributed by atoms with E-state index in [0.29, 0.717) is 5.69 Å². The number of hydrogen-bond acceptors (Lipinski definition) is 3. The van der Waals surface area contributed by atoms with E-state index in [1.807, 2.05) is 37.3 Å². The van der Waals surface area contributed by atoms with Crippen LogP contribution in [0.25, 0.3) is 0 Å². The molecule has 1 fully saturated rings. The van der Waals surface area contributed by atoms with Gasteiger partial charge in [0, 0.05) is 35.1 Å². The molecule has 1 amide bonds. The maximum absolute atomic E-state index is 12.5. The molecule has 23 heavy (non-hydrogen) atoms. The van der Waals surface area contributed by atoms with E-state index >= 15 is 0 Å². The van der Waals surface area contributed by atoms with Gasteiger partial charge < -0.3 is 10.2 Å². The van der Waals surface area contributed by atoms with Crippen molar-refractivity contribution < 1.29 is 4.79 Å². The average Bonchev–Trinajstić information content (AvgIpc) is 2.58. The summed E-state index contributed by atoms with van der Waals surface area (Å²) in [5, 5.41) is 2.94. The number of amides is 1. The molecular weight excluding hydrogens is 354 g/mol. The van der Waals surface area contributed by atoms with Gasteiger partial charge in [0.05, 0.1) is 0 Å². The summed E-state index contributed by atoms with van der Waals surface area (Å²) >= 11 is 3.43. The molecule has 4 nitrogen and oxygen atoms in total. The Morgan fingerprint density at radius 2 is 1.96 bits per heavy atom. The van der Waals surface area contributed by atoms with Crippen LogP contribution in [-0.4, -0.2) is 24.0 Å². The number of hydrogen-bond donors (Lipinski definition) is 1. The number of rotatable bonds is 3. The minimum Gasteiger partial charge on any atom is -0.371 e. The van der Waals surface area contributed by atoms with Crippen molar-refractivity contribution in [2.24, 2.45) is 0 Å². The summed E-state index contributed by atoms with van der Waals surface area (Å²) in [4.78, 5) is 19.0. The number of benzene rings is 1. The highest BCUT2D eigenvalue weighted by atomic mass is 79.9. The lowest BCUT2D eigenvalue weighted by atomic mass is 10.1. The summed E-state index contributed by atoms with van der Waals surface area (Å²) in [5.41, 5.74) is 3.36. The Labute approximate surface area is 145 Å². The number of nitrogens with zero attached hydrogens (tertiary/aromatic N) is 2. The molecule has 0 radical (unpaired) electrons. The Balaban J connectivity index is 1.76. The van der Waals surface area contributed by atoms with Crippen LogP contribution in [0.5, 0.6) is 0 Å². The first-order valence-electron chi connectivity index (χ1n) is 7.92. The van der Waals surface area contributed by atoms with Crippen molar-refractivity contribution in [3.8, 4) is 0 Å². The fourth-order valence-electron chi connectivity index (χ4n) is 2.85. The van der Waals surface area contributed by atoms with Gasteiger partial charge in [-0.05, 0) is 62.1 Å². The Morgan fingerprint density at radius 1 is 1.17 bits per heavy atom. The lowest BCUT2D eigenvalue weighted by Gasteiger charge is -2.28. The highest BCUT2D eigenvalue weighted by Crippen LogP contribution is 2.22. The Kier molecular flexibility index (Phi) is 4.96. The molecular formula is C18H20BrN3O. The molecule has 5 heteroatoms. The van der Waals surface area contributed by atoms with Gasteiger partial charge in [-0.3, -0.25) is 9.78 Å². The maximum Gasteiger partial charge on any atom is 0.274 e. The molecule has 1 aliphatic heterocycles. The number of halogens is 1. The number of nitrogens with one attached hydrogen (secondary N) is 1. The maximum atomic E-state index is 12.5. The van der Waals surface area contributed by atoms with E-state index < -0.39 is 0 Å². The largest absolute Gasteiger partial charge is 0.371 e. The van der Waals surface area contributed by atoms with Gasteiger partial charge in [-0.2, -0.15) is 0 Å². The van der Waals surface area contributed by atoms with Crippen molar-refractivity contribution in [1.82, 2.24) is 4.98 Å². The first-order valence-corrected chi connectivity index (χ1v) is 8.71. The van der Waals surface area contributed by atoms with Crippen molar-refractivity contribution in [3.63, 3.8) is 0 Å². The molecule has 1 saturated heterocycles. The van der Waals surface area contributed by atoms with Gasteiger partial charge in [0.1, 0.15) is 5.69 Å². The van der Waals surface area contributed by atoms with E-state index in [1.165, 1.54) is 19.3 Å². The van der Waals surface area contributed by atoms with Crippen LogP contribution in [0.3, 0.4) is 0 Å². The van der Waals surface area contributed by atoms with Crippen LogP contribution in [0.15, 0.2) is 41.0 Å². The van der Waals surface area contributed by atoms with Crippen LogP contribution in [0.4, 0.5) is 11.4 Å². The van der Waals surface area contributed by atoms with Crippen molar-refractivity contribution in [3.05, 3.63) is 52.3 Å². The first kappa shape index (κ1) is 16.0. The smallest absolute Gasteiger partial charge is 0.274 e. The van der Waals surface area contributed by atoms with E-state index in [1.54, 1.807) is 6.20 Å². The molecule has 1 aromatic heterocycles. The van der Waals surface area contributed by atoms with Crippen LogP contribution in [0.1, 0.15) is 35.3 Å². The first-order chi connectivity index (χ1) is 11.1. The monoisotopic (exact) mass is 373 g/mol. The lowest BCUT2D eigenvalue weighted by Crippen LogP contribution is -2.29. The van der Waals surface area contributed by atoms with Crippen LogP contribution >= 0.6 is 15.9 Å². The highest BCUT2D eigenvalue weighted by Gasteiger charge is 2.14. The van der Waals surface area contributed by atoms with Crippen molar-refractivity contribution in [2.45, 2.75) is 26.2 Å². The van der Waals surface area contributed by atoms with Crippen LogP contribution in [0.2, 0.25) is 0 Å². The van der Waals surface area contributed by atoms with Crippen molar-refractivity contribution >= 4 is 33.2 Å². The minimum absolute atomic E-state index is 0.172. The van der Waals surface area contributed by atoms with Gasteiger partial charge in [0.25, 0.3) is 5.91 Å². The van der Waals surface area contributed by atoms with Gasteiger partial charge in [-0.25, -0.2) is 0 Å². The van der Waals surface area contributed by atoms with Gasteiger partial charge >= 0.3 is 0 Å². The summed E-state index contributed by atoms with van der Waals surface area (Å²) in [5.74, 6) is -0.172. The van der Waals surface area contributed by atoms with E-state index in [-0.39, 0.29) is 5.91 Å². The van der Waals surface area contributed by atoms with Crippen LogP contribution < -0.4 is 10.2 Å². The predicted octanol–water partition coefficient (Wildman–Crippen LogP) is 4.40. The Morgan fingerprint density at radius 3 is 2.70 bits per heavy atom. The quantitative estimate of drug-likeness (QED) is 0.867. The van der Waals surface area contributed by atoms with Crippen LogP contribution in [-0.2, 0) is 0 Å². The lowest BCUT2D eigenvalue weighted by molar-refractivity contribution is 0.102. The van der Waals surface area contributed by atoms with E-state index in [0.717, 1.165) is 34.5 Å². The van der Waals surface area contributed by atoms with Gasteiger partial charge in [-0.1, -0.05) is 15.9 Å². The SMILES string of the molecule is Cc1cc(Br)ccc1NC(=O)c1cc(N2CCCCC2)ccn1. The fraction of sp³-hybridized carbons (Fsp3) is 0.333. The standard InChI is InChI=1S/C18H20BrN3O/c1-13-11-14(19)5-6-16(13)21-18(23)17-12-15(7-8-20-17)22-9-3-2-4-10-22/h5-8,11-12H,2-4,9-10H2,1H3,(H,21,23). The number of aryl methyl sites for hydroxylation is 1. The normalized spacial score (nSPS) is 14.6. The summed E-state index contributed by atoms with van der Waals surface area (Å²) in [6.07, 6.45) is 5.43. The number of pyridine rings is 1. The molecule has 0 spiro atoms. The molecule has 120 valence electrons. The Hall–Kier alpha value is -1.88. The number of piperidine rings is 1. The summed E-state index contributed by atoms with van der Waals surface area (Å²) in [6, 6.07) is 9.65. The second-order valence-electron chi connectivity index (χ2n) is 5.86. The number of anilines is 2. The second-order valence-corrected chi connectivity index (χ2v) is 6.78. The van der Waals surface area contributed by atoms with E-state index in [9.17, 15) is 4.79 Å². The highest BCUT2D eigenvalue weighted by molar-refractivity contribution is 9.10. The van der Waals surface area contributed by atoms with E-state index in [2.05, 4.69) is 31.1 Å². The summed E-state index contributed by atoms with van der Waals surface area (Å²) < 4.78 is 0.998. The third-order valence-electron chi connectivity index (χ3n) is 4.13. The van der Waals surface area contributed by atoms with E-state index in [4.69, 9.17) is 0 Å². The zero-order valence-corrected chi connectivity index (χ0v) is 14.8. The third-order valence-corrected chi connectivity index (χ3v) is 4.63. The number of carbonyl (C=O) groups excluding carboxylic acids is 1. The molecule has 2 aromatic rings. The van der Waals surface area contributed by atoms with Crippen molar-refractivity contribution in [2.75, 3.05) is 23.3 Å². The molecule has 1 N–H and O–H groups in total. The topological polar surface area (TPSA) is 45.2 Å². The zero-order chi connectivity index (χ0) is 16.2. The van der Waals surface area contributed by atoms with Crippen LogP contribution in [0, 0.1) is 6.92 Å². The second kappa shape index (κ2) is 7.13. The number of carbonyl (C=O) groups is 1. The molecule has 0 aliphatic carbocycles. The van der Waals surface area contributed by atoms with Gasteiger partial charge in [0.2, 0.25) is 0 Å². The molecule has 1 aromatic carbocycles. The zero-order valence-electron chi connectivity index (χ0n) is 13.2. The Bertz CT molecular complexity index is 711. The molecule has 3 rings (SSSR count). The molecule has 0 saturated carbocycles. The van der Waals surface area contributed by atoms with Gasteiger partial charge in [-0.15, -0.1) is 0 Å². The minimum atomic E-state index is -0.172.